The number of nitrogens with one attached hydrogen (secondary N) is 1. The molecular formula is C28H37N7O3S. The second-order valence-electron chi connectivity index (χ2n) is 11.2. The summed E-state index contributed by atoms with van der Waals surface area (Å²) in [6.45, 7) is 13.8. The van der Waals surface area contributed by atoms with Crippen molar-refractivity contribution in [3.8, 4) is 11.3 Å². The minimum atomic E-state index is -3.18. The van der Waals surface area contributed by atoms with Crippen molar-refractivity contribution in [2.24, 2.45) is 0 Å². The van der Waals surface area contributed by atoms with E-state index in [0.29, 0.717) is 13.1 Å². The van der Waals surface area contributed by atoms with Crippen molar-refractivity contribution in [1.82, 2.24) is 29.5 Å². The summed E-state index contributed by atoms with van der Waals surface area (Å²) >= 11 is 0. The van der Waals surface area contributed by atoms with E-state index < -0.39 is 9.84 Å². The predicted octanol–water partition coefficient (Wildman–Crippen LogP) is 3.87. The number of aromatic amines is 1. The van der Waals surface area contributed by atoms with Gasteiger partial charge >= 0.3 is 0 Å². The molecule has 0 unspecified atom stereocenters. The van der Waals surface area contributed by atoms with Gasteiger partial charge in [-0.25, -0.2) is 22.9 Å². The molecule has 1 N–H and O–H groups in total. The molecule has 1 aliphatic rings. The number of H-pyrrole nitrogens is 1. The molecular weight excluding hydrogens is 514 g/mol. The molecule has 2 atom stereocenters. The quantitative estimate of drug-likeness (QED) is 0.387. The third kappa shape index (κ3) is 4.99. The fraction of sp³-hybridized carbons (Fsp3) is 0.500. The van der Waals surface area contributed by atoms with Gasteiger partial charge in [0.25, 0.3) is 0 Å². The van der Waals surface area contributed by atoms with Crippen LogP contribution in [0.5, 0.6) is 0 Å². The van der Waals surface area contributed by atoms with Crippen molar-refractivity contribution in [3.05, 3.63) is 41.3 Å². The Morgan fingerprint density at radius 1 is 1.13 bits per heavy atom. The summed E-state index contributed by atoms with van der Waals surface area (Å²) in [4.78, 5) is 30.1. The first kappa shape index (κ1) is 27.1. The summed E-state index contributed by atoms with van der Waals surface area (Å²) in [5.74, 6) is 0.859. The molecule has 5 heterocycles. The highest BCUT2D eigenvalue weighted by atomic mass is 32.2. The molecule has 0 aromatic carbocycles. The molecule has 39 heavy (non-hydrogen) atoms. The number of carbonyl (C=O) groups is 1. The van der Waals surface area contributed by atoms with Gasteiger partial charge in [-0.15, -0.1) is 0 Å². The number of carbonyl (C=O) groups excluding carboxylic acids is 1. The van der Waals surface area contributed by atoms with Crippen LogP contribution in [0.2, 0.25) is 0 Å². The molecule has 0 bridgehead atoms. The Hall–Kier alpha value is -3.47. The normalized spacial score (nSPS) is 18.6. The van der Waals surface area contributed by atoms with Gasteiger partial charge in [0.05, 0.1) is 22.5 Å². The summed E-state index contributed by atoms with van der Waals surface area (Å²) in [6.07, 6.45) is 4.80. The van der Waals surface area contributed by atoms with Crippen molar-refractivity contribution in [2.75, 3.05) is 30.0 Å². The molecule has 1 aliphatic heterocycles. The van der Waals surface area contributed by atoms with E-state index in [0.717, 1.165) is 50.4 Å². The van der Waals surface area contributed by atoms with Crippen molar-refractivity contribution in [1.29, 1.82) is 0 Å². The molecule has 5 rings (SSSR count). The number of piperazine rings is 1. The highest BCUT2D eigenvalue weighted by Gasteiger charge is 2.33. The van der Waals surface area contributed by atoms with Crippen LogP contribution >= 0.6 is 0 Å². The first-order valence-electron chi connectivity index (χ1n) is 13.4. The molecule has 1 amide bonds. The predicted molar refractivity (Wildman–Crippen MR) is 154 cm³/mol. The molecule has 1 saturated heterocycles. The Morgan fingerprint density at radius 2 is 1.87 bits per heavy atom. The Morgan fingerprint density at radius 3 is 2.56 bits per heavy atom. The average molecular weight is 552 g/mol. The van der Waals surface area contributed by atoms with E-state index in [1.54, 1.807) is 6.33 Å². The number of amides is 1. The van der Waals surface area contributed by atoms with Gasteiger partial charge < -0.3 is 14.8 Å². The monoisotopic (exact) mass is 551 g/mol. The highest BCUT2D eigenvalue weighted by molar-refractivity contribution is 7.90. The number of pyridine rings is 2. The second-order valence-corrected chi connectivity index (χ2v) is 13.5. The van der Waals surface area contributed by atoms with Crippen LogP contribution in [0.15, 0.2) is 24.7 Å². The number of nitrogens with zero attached hydrogens (tertiary/aromatic N) is 6. The van der Waals surface area contributed by atoms with Crippen LogP contribution in [-0.4, -0.2) is 81.0 Å². The number of aryl methyl sites for hydroxylation is 1. The van der Waals surface area contributed by atoms with Gasteiger partial charge in [0.15, 0.2) is 5.65 Å². The van der Waals surface area contributed by atoms with Gasteiger partial charge in [-0.2, -0.15) is 5.10 Å². The summed E-state index contributed by atoms with van der Waals surface area (Å²) in [5, 5.41) is 4.38. The molecule has 0 radical (unpaired) electrons. The number of anilines is 1. The Balaban J connectivity index is 1.49. The van der Waals surface area contributed by atoms with E-state index in [1.807, 2.05) is 28.6 Å². The Labute approximate surface area is 229 Å². The number of sulfone groups is 1. The summed E-state index contributed by atoms with van der Waals surface area (Å²) in [6, 6.07) is 4.10. The lowest BCUT2D eigenvalue weighted by molar-refractivity contribution is -0.133. The van der Waals surface area contributed by atoms with Crippen LogP contribution in [0.3, 0.4) is 0 Å². The second kappa shape index (κ2) is 9.93. The SMILES string of the molecule is Cc1c(-c2[nH]c3ccc(N4C[C@@H](C)N(C(=O)CCS(C)(=O)=O)C[C@@H]4C)nc3c2C(C)C)cn2ncnc2c1C. The third-order valence-corrected chi connectivity index (χ3v) is 8.87. The van der Waals surface area contributed by atoms with Crippen LogP contribution in [-0.2, 0) is 14.6 Å². The number of rotatable bonds is 6. The largest absolute Gasteiger partial charge is 0.353 e. The van der Waals surface area contributed by atoms with E-state index in [-0.39, 0.29) is 36.1 Å². The van der Waals surface area contributed by atoms with E-state index in [2.05, 4.69) is 60.7 Å². The van der Waals surface area contributed by atoms with Crippen molar-refractivity contribution < 1.29 is 13.2 Å². The summed E-state index contributed by atoms with van der Waals surface area (Å²) < 4.78 is 24.9. The van der Waals surface area contributed by atoms with E-state index in [4.69, 9.17) is 4.98 Å². The van der Waals surface area contributed by atoms with E-state index in [9.17, 15) is 13.2 Å². The Kier molecular flexibility index (Phi) is 6.90. The van der Waals surface area contributed by atoms with E-state index >= 15 is 0 Å². The summed E-state index contributed by atoms with van der Waals surface area (Å²) in [7, 11) is -3.18. The fourth-order valence-electron chi connectivity index (χ4n) is 5.67. The molecule has 4 aromatic rings. The lowest BCUT2D eigenvalue weighted by Gasteiger charge is -2.44. The van der Waals surface area contributed by atoms with Crippen LogP contribution in [0.25, 0.3) is 27.9 Å². The van der Waals surface area contributed by atoms with Gasteiger partial charge in [0, 0.05) is 55.2 Å². The van der Waals surface area contributed by atoms with Crippen LogP contribution < -0.4 is 4.90 Å². The lowest BCUT2D eigenvalue weighted by Crippen LogP contribution is -2.58. The first-order valence-corrected chi connectivity index (χ1v) is 15.5. The maximum absolute atomic E-state index is 12.8. The molecule has 208 valence electrons. The topological polar surface area (TPSA) is 117 Å². The molecule has 0 aliphatic carbocycles. The Bertz CT molecular complexity index is 1670. The zero-order chi connectivity index (χ0) is 28.2. The molecule has 1 fully saturated rings. The number of aromatic nitrogens is 5. The van der Waals surface area contributed by atoms with Crippen molar-refractivity contribution >= 4 is 38.2 Å². The van der Waals surface area contributed by atoms with Gasteiger partial charge in [-0.05, 0) is 56.9 Å². The smallest absolute Gasteiger partial charge is 0.223 e. The minimum Gasteiger partial charge on any atom is -0.353 e. The third-order valence-electron chi connectivity index (χ3n) is 7.93. The summed E-state index contributed by atoms with van der Waals surface area (Å²) in [5.41, 5.74) is 8.31. The lowest BCUT2D eigenvalue weighted by atomic mass is 9.95. The number of hydrogen-bond donors (Lipinski definition) is 1. The van der Waals surface area contributed by atoms with Crippen molar-refractivity contribution in [2.45, 2.75) is 66.0 Å². The fourth-order valence-corrected chi connectivity index (χ4v) is 6.22. The number of hydrogen-bond acceptors (Lipinski definition) is 7. The van der Waals surface area contributed by atoms with Crippen molar-refractivity contribution in [3.63, 3.8) is 0 Å². The van der Waals surface area contributed by atoms with Gasteiger partial charge in [-0.3, -0.25) is 4.79 Å². The molecule has 10 nitrogen and oxygen atoms in total. The maximum Gasteiger partial charge on any atom is 0.223 e. The van der Waals surface area contributed by atoms with Crippen LogP contribution in [0.1, 0.15) is 56.7 Å². The van der Waals surface area contributed by atoms with Gasteiger partial charge in [-0.1, -0.05) is 13.8 Å². The molecule has 0 spiro atoms. The van der Waals surface area contributed by atoms with Gasteiger partial charge in [0.2, 0.25) is 5.91 Å². The molecule has 11 heteroatoms. The minimum absolute atomic E-state index is 0.0171. The zero-order valence-electron chi connectivity index (χ0n) is 23.7. The molecule has 0 saturated carbocycles. The zero-order valence-corrected chi connectivity index (χ0v) is 24.5. The maximum atomic E-state index is 12.8. The average Bonchev–Trinajstić information content (AvgIpc) is 3.49. The molecule has 4 aromatic heterocycles. The first-order chi connectivity index (χ1) is 18.4. The highest BCUT2D eigenvalue weighted by Crippen LogP contribution is 2.38. The van der Waals surface area contributed by atoms with E-state index in [1.165, 1.54) is 6.26 Å². The number of fused-ring (bicyclic) bond motifs is 2. The van der Waals surface area contributed by atoms with Gasteiger partial charge in [0.1, 0.15) is 22.0 Å². The standard InChI is InChI=1S/C28H37N7O3S/c1-16(2)25-26(21-14-35-28(29-15-30-35)20(6)19(21)5)31-22-8-9-23(32-27(22)25)33-12-18(4)34(13-17(33)3)24(36)10-11-39(7,37)38/h8-9,14-18,31H,10-13H2,1-7H3/t17-,18+/m0/s1. The van der Waals surface area contributed by atoms with Crippen LogP contribution in [0.4, 0.5) is 5.82 Å². The van der Waals surface area contributed by atoms with Crippen LogP contribution in [0, 0.1) is 13.8 Å².